The molecule has 1 amide bonds. The van der Waals surface area contributed by atoms with Gasteiger partial charge in [-0.15, -0.1) is 11.3 Å². The highest BCUT2D eigenvalue weighted by Gasteiger charge is 2.27. The van der Waals surface area contributed by atoms with Crippen LogP contribution in [0.5, 0.6) is 0 Å². The Morgan fingerprint density at radius 1 is 1.43 bits per heavy atom. The van der Waals surface area contributed by atoms with Crippen molar-refractivity contribution < 1.29 is 13.6 Å². The minimum absolute atomic E-state index is 0.0728. The number of amides is 1. The van der Waals surface area contributed by atoms with E-state index in [0.29, 0.717) is 5.75 Å². The Morgan fingerprint density at radius 3 is 3.04 bits per heavy atom. The van der Waals surface area contributed by atoms with Crippen LogP contribution in [0.4, 0.5) is 8.78 Å². The topological polar surface area (TPSA) is 59.8 Å². The van der Waals surface area contributed by atoms with Gasteiger partial charge in [-0.25, -0.2) is 18.4 Å². The number of thiazole rings is 1. The molecule has 1 atom stereocenters. The van der Waals surface area contributed by atoms with Gasteiger partial charge in [0, 0.05) is 28.4 Å². The first-order chi connectivity index (χ1) is 13.5. The molecule has 5 nitrogen and oxygen atoms in total. The van der Waals surface area contributed by atoms with Gasteiger partial charge in [-0.05, 0) is 38.3 Å². The molecular formula is C19H18F2N4OS2. The Morgan fingerprint density at radius 2 is 2.29 bits per heavy atom. The highest BCUT2D eigenvalue weighted by molar-refractivity contribution is 8.01. The molecule has 1 aromatic carbocycles. The summed E-state index contributed by atoms with van der Waals surface area (Å²) in [7, 11) is 0. The molecule has 28 heavy (non-hydrogen) atoms. The highest BCUT2D eigenvalue weighted by atomic mass is 32.2. The van der Waals surface area contributed by atoms with E-state index in [4.69, 9.17) is 0 Å². The predicted molar refractivity (Wildman–Crippen MR) is 105 cm³/mol. The Kier molecular flexibility index (Phi) is 5.45. The van der Waals surface area contributed by atoms with Crippen molar-refractivity contribution in [3.05, 3.63) is 58.4 Å². The van der Waals surface area contributed by atoms with Crippen molar-refractivity contribution >= 4 is 29.0 Å². The van der Waals surface area contributed by atoms with Crippen LogP contribution in [-0.2, 0) is 11.2 Å². The monoisotopic (exact) mass is 420 g/mol. The molecule has 146 valence electrons. The molecular weight excluding hydrogens is 402 g/mol. The van der Waals surface area contributed by atoms with Crippen LogP contribution >= 0.6 is 23.1 Å². The maximum absolute atomic E-state index is 14.2. The lowest BCUT2D eigenvalue weighted by Gasteiger charge is -2.24. The first kappa shape index (κ1) is 19.1. The van der Waals surface area contributed by atoms with E-state index in [2.05, 4.69) is 15.4 Å². The average Bonchev–Trinajstić information content (AvgIpc) is 3.27. The smallest absolute Gasteiger partial charge is 0.230 e. The van der Waals surface area contributed by atoms with Crippen molar-refractivity contribution in [3.8, 4) is 5.69 Å². The zero-order chi connectivity index (χ0) is 19.7. The molecule has 1 aliphatic carbocycles. The second-order valence-corrected chi connectivity index (χ2v) is 8.69. The number of benzene rings is 1. The molecule has 2 heterocycles. The molecule has 0 saturated carbocycles. The summed E-state index contributed by atoms with van der Waals surface area (Å²) in [5, 5.41) is 9.31. The van der Waals surface area contributed by atoms with Crippen LogP contribution in [0.2, 0.25) is 0 Å². The lowest BCUT2D eigenvalue weighted by Crippen LogP contribution is -2.32. The van der Waals surface area contributed by atoms with Gasteiger partial charge in [-0.1, -0.05) is 11.8 Å². The third kappa shape index (κ3) is 3.95. The van der Waals surface area contributed by atoms with E-state index < -0.39 is 11.6 Å². The minimum Gasteiger partial charge on any atom is -0.348 e. The van der Waals surface area contributed by atoms with Crippen LogP contribution in [0.15, 0.2) is 34.1 Å². The van der Waals surface area contributed by atoms with E-state index in [1.807, 2.05) is 12.3 Å². The summed E-state index contributed by atoms with van der Waals surface area (Å²) in [5.41, 5.74) is 2.90. The number of aryl methyl sites for hydroxylation is 1. The van der Waals surface area contributed by atoms with Crippen molar-refractivity contribution in [2.24, 2.45) is 0 Å². The van der Waals surface area contributed by atoms with Gasteiger partial charge in [0.15, 0.2) is 10.2 Å². The Labute approximate surface area is 169 Å². The second-order valence-electron chi connectivity index (χ2n) is 6.61. The van der Waals surface area contributed by atoms with Gasteiger partial charge in [0.1, 0.15) is 11.5 Å². The molecule has 0 bridgehead atoms. The summed E-state index contributed by atoms with van der Waals surface area (Å²) in [5.74, 6) is -1.07. The minimum atomic E-state index is -0.660. The number of hydrogen-bond acceptors (Lipinski definition) is 5. The Hall–Kier alpha value is -2.26. The maximum atomic E-state index is 14.2. The van der Waals surface area contributed by atoms with Crippen LogP contribution in [0.25, 0.3) is 5.69 Å². The average molecular weight is 421 g/mol. The summed E-state index contributed by atoms with van der Waals surface area (Å²) in [4.78, 5) is 16.7. The fourth-order valence-electron chi connectivity index (χ4n) is 3.33. The molecule has 0 fully saturated rings. The van der Waals surface area contributed by atoms with E-state index in [-0.39, 0.29) is 17.6 Å². The molecule has 0 radical (unpaired) electrons. The van der Waals surface area contributed by atoms with E-state index in [9.17, 15) is 13.6 Å². The van der Waals surface area contributed by atoms with Crippen molar-refractivity contribution in [2.75, 3.05) is 5.75 Å². The summed E-state index contributed by atoms with van der Waals surface area (Å²) in [6.45, 7) is 1.92. The van der Waals surface area contributed by atoms with Gasteiger partial charge in [-0.3, -0.25) is 4.79 Å². The number of thioether (sulfide) groups is 1. The number of fused-ring (bicyclic) bond motifs is 1. The van der Waals surface area contributed by atoms with Crippen LogP contribution in [0.1, 0.15) is 35.8 Å². The first-order valence-corrected chi connectivity index (χ1v) is 10.7. The van der Waals surface area contributed by atoms with Gasteiger partial charge in [-0.2, -0.15) is 5.10 Å². The largest absolute Gasteiger partial charge is 0.348 e. The summed E-state index contributed by atoms with van der Waals surface area (Å²) < 4.78 is 29.8. The molecule has 4 rings (SSSR count). The molecule has 1 unspecified atom stereocenters. The first-order valence-electron chi connectivity index (χ1n) is 8.88. The molecule has 1 N–H and O–H groups in total. The normalized spacial score (nSPS) is 16.0. The van der Waals surface area contributed by atoms with Crippen LogP contribution in [0, 0.1) is 18.6 Å². The molecule has 0 saturated heterocycles. The Bertz CT molecular complexity index is 1020. The fourth-order valence-corrected chi connectivity index (χ4v) is 4.99. The van der Waals surface area contributed by atoms with E-state index in [1.54, 1.807) is 6.20 Å². The molecule has 3 aromatic rings. The number of hydrogen-bond donors (Lipinski definition) is 1. The highest BCUT2D eigenvalue weighted by Crippen LogP contribution is 2.32. The van der Waals surface area contributed by atoms with Crippen LogP contribution < -0.4 is 5.32 Å². The standard InChI is InChI=1S/C19H18F2N4OS2/c1-11-9-27-19(23-11)28-10-18(26)24-15-3-2-4-16-13(15)8-22-25(16)17-6-5-12(20)7-14(17)21/h5-9,15H,2-4,10H2,1H3,(H,24,26). The second kappa shape index (κ2) is 8.00. The van der Waals surface area contributed by atoms with Gasteiger partial charge in [0.25, 0.3) is 0 Å². The number of nitrogens with one attached hydrogen (secondary N) is 1. The van der Waals surface area contributed by atoms with Crippen molar-refractivity contribution in [2.45, 2.75) is 36.6 Å². The third-order valence-electron chi connectivity index (χ3n) is 4.58. The van der Waals surface area contributed by atoms with E-state index in [0.717, 1.165) is 46.6 Å². The number of carbonyl (C=O) groups excluding carboxylic acids is 1. The summed E-state index contributed by atoms with van der Waals surface area (Å²) >= 11 is 2.94. The number of halogens is 2. The molecule has 0 spiro atoms. The molecule has 0 aliphatic heterocycles. The van der Waals surface area contributed by atoms with Crippen LogP contribution in [0.3, 0.4) is 0 Å². The van der Waals surface area contributed by atoms with Gasteiger partial charge in [0.05, 0.1) is 18.0 Å². The van der Waals surface area contributed by atoms with Gasteiger partial charge >= 0.3 is 0 Å². The SMILES string of the molecule is Cc1csc(SCC(=O)NC2CCCc3c2cnn3-c2ccc(F)cc2F)n1. The van der Waals surface area contributed by atoms with E-state index >= 15 is 0 Å². The number of carbonyl (C=O) groups is 1. The summed E-state index contributed by atoms with van der Waals surface area (Å²) in [6.07, 6.45) is 4.05. The number of nitrogens with zero attached hydrogens (tertiary/aromatic N) is 3. The van der Waals surface area contributed by atoms with Gasteiger partial charge < -0.3 is 5.32 Å². The lowest BCUT2D eigenvalue weighted by molar-refractivity contribution is -0.119. The number of aromatic nitrogens is 3. The fraction of sp³-hybridized carbons (Fsp3) is 0.316. The van der Waals surface area contributed by atoms with Crippen LogP contribution in [-0.4, -0.2) is 26.4 Å². The molecule has 9 heteroatoms. The summed E-state index contributed by atoms with van der Waals surface area (Å²) in [6, 6.07) is 3.29. The third-order valence-corrected chi connectivity index (χ3v) is 6.72. The zero-order valence-electron chi connectivity index (χ0n) is 15.1. The molecule has 1 aliphatic rings. The molecule has 2 aromatic heterocycles. The number of rotatable bonds is 5. The lowest BCUT2D eigenvalue weighted by atomic mass is 9.93. The van der Waals surface area contributed by atoms with E-state index in [1.165, 1.54) is 39.9 Å². The Balaban J connectivity index is 1.48. The predicted octanol–water partition coefficient (Wildman–Crippen LogP) is 4.20. The van der Waals surface area contributed by atoms with Crippen molar-refractivity contribution in [3.63, 3.8) is 0 Å². The zero-order valence-corrected chi connectivity index (χ0v) is 16.7. The van der Waals surface area contributed by atoms with Crippen molar-refractivity contribution in [1.29, 1.82) is 0 Å². The van der Waals surface area contributed by atoms with Gasteiger partial charge in [0.2, 0.25) is 5.91 Å². The maximum Gasteiger partial charge on any atom is 0.230 e. The van der Waals surface area contributed by atoms with Crippen molar-refractivity contribution in [1.82, 2.24) is 20.1 Å². The quantitative estimate of drug-likeness (QED) is 0.629.